The molecule has 2 rings (SSSR count). The molecule has 0 bridgehead atoms. The molecule has 0 aliphatic carbocycles. The highest BCUT2D eigenvalue weighted by Gasteiger charge is 2.35. The number of likely N-dealkylation sites (tertiary alicyclic amines) is 1. The molecule has 0 radical (unpaired) electrons. The van der Waals surface area contributed by atoms with E-state index in [0.717, 1.165) is 6.42 Å². The van der Waals surface area contributed by atoms with Gasteiger partial charge in [-0.2, -0.15) is 0 Å². The third-order valence-electron chi connectivity index (χ3n) is 3.37. The van der Waals surface area contributed by atoms with Crippen molar-refractivity contribution in [2.45, 2.75) is 50.3 Å². The fraction of sp³-hybridized carbons (Fsp3) is 0.600. The molecule has 1 saturated heterocycles. The van der Waals surface area contributed by atoms with Crippen molar-refractivity contribution < 1.29 is 17.9 Å². The summed E-state index contributed by atoms with van der Waals surface area (Å²) in [6, 6.07) is 4.42. The Morgan fingerprint density at radius 3 is 2.73 bits per heavy atom. The lowest BCUT2D eigenvalue weighted by atomic mass is 10.2. The number of sulfone groups is 1. The first-order valence-corrected chi connectivity index (χ1v) is 8.98. The van der Waals surface area contributed by atoms with Gasteiger partial charge in [-0.05, 0) is 45.7 Å². The van der Waals surface area contributed by atoms with Gasteiger partial charge in [-0.1, -0.05) is 6.07 Å². The molecule has 2 heterocycles. The highest BCUT2D eigenvalue weighted by molar-refractivity contribution is 7.91. The van der Waals surface area contributed by atoms with Crippen LogP contribution >= 0.6 is 0 Å². The van der Waals surface area contributed by atoms with Gasteiger partial charge < -0.3 is 9.64 Å². The Morgan fingerprint density at radius 2 is 2.14 bits per heavy atom. The minimum Gasteiger partial charge on any atom is -0.444 e. The SMILES string of the molecule is CC(C)(C)OC(=O)N1CCCC1CS(=O)(=O)c1ccccn1. The quantitative estimate of drug-likeness (QED) is 0.851. The molecule has 0 N–H and O–H groups in total. The number of pyridine rings is 1. The van der Waals surface area contributed by atoms with Crippen LogP contribution in [0.4, 0.5) is 4.79 Å². The van der Waals surface area contributed by atoms with E-state index in [0.29, 0.717) is 13.0 Å². The number of amides is 1. The summed E-state index contributed by atoms with van der Waals surface area (Å²) < 4.78 is 30.1. The predicted octanol–water partition coefficient (Wildman–Crippen LogP) is 2.25. The topological polar surface area (TPSA) is 76.6 Å². The van der Waals surface area contributed by atoms with Crippen LogP contribution in [0.2, 0.25) is 0 Å². The fourth-order valence-corrected chi connectivity index (χ4v) is 3.97. The summed E-state index contributed by atoms with van der Waals surface area (Å²) in [5.74, 6) is -0.122. The van der Waals surface area contributed by atoms with Crippen LogP contribution in [0.25, 0.3) is 0 Å². The number of hydrogen-bond acceptors (Lipinski definition) is 5. The Morgan fingerprint density at radius 1 is 1.41 bits per heavy atom. The van der Waals surface area contributed by atoms with Crippen LogP contribution in [-0.4, -0.2) is 48.3 Å². The van der Waals surface area contributed by atoms with Crippen molar-refractivity contribution in [3.8, 4) is 0 Å². The normalized spacial score (nSPS) is 19.2. The molecular formula is C15H22N2O4S. The van der Waals surface area contributed by atoms with Gasteiger partial charge in [-0.15, -0.1) is 0 Å². The number of ether oxygens (including phenoxy) is 1. The van der Waals surface area contributed by atoms with Crippen LogP contribution in [0.5, 0.6) is 0 Å². The predicted molar refractivity (Wildman–Crippen MR) is 82.3 cm³/mol. The maximum absolute atomic E-state index is 12.4. The lowest BCUT2D eigenvalue weighted by Gasteiger charge is -2.28. The summed E-state index contributed by atoms with van der Waals surface area (Å²) in [7, 11) is -3.51. The molecule has 0 saturated carbocycles. The van der Waals surface area contributed by atoms with Crippen molar-refractivity contribution in [3.05, 3.63) is 24.4 Å². The smallest absolute Gasteiger partial charge is 0.410 e. The Hall–Kier alpha value is -1.63. The van der Waals surface area contributed by atoms with E-state index in [2.05, 4.69) is 4.98 Å². The maximum Gasteiger partial charge on any atom is 0.410 e. The molecule has 0 spiro atoms. The molecule has 122 valence electrons. The highest BCUT2D eigenvalue weighted by Crippen LogP contribution is 2.23. The minimum atomic E-state index is -3.51. The van der Waals surface area contributed by atoms with Gasteiger partial charge in [0.15, 0.2) is 14.9 Å². The Kier molecular flexibility index (Phi) is 4.75. The molecule has 1 aliphatic rings. The Bertz CT molecular complexity index is 623. The lowest BCUT2D eigenvalue weighted by molar-refractivity contribution is 0.0241. The monoisotopic (exact) mass is 326 g/mol. The van der Waals surface area contributed by atoms with Crippen molar-refractivity contribution >= 4 is 15.9 Å². The van der Waals surface area contributed by atoms with Gasteiger partial charge in [0.2, 0.25) is 0 Å². The zero-order chi connectivity index (χ0) is 16.4. The summed E-state index contributed by atoms with van der Waals surface area (Å²) in [4.78, 5) is 17.6. The zero-order valence-corrected chi connectivity index (χ0v) is 14.0. The van der Waals surface area contributed by atoms with Crippen molar-refractivity contribution in [2.75, 3.05) is 12.3 Å². The number of nitrogens with zero attached hydrogens (tertiary/aromatic N) is 2. The second-order valence-corrected chi connectivity index (χ2v) is 8.40. The molecule has 0 aromatic carbocycles. The van der Waals surface area contributed by atoms with Crippen LogP contribution in [-0.2, 0) is 14.6 Å². The van der Waals surface area contributed by atoms with E-state index >= 15 is 0 Å². The average molecular weight is 326 g/mol. The van der Waals surface area contributed by atoms with Gasteiger partial charge >= 0.3 is 6.09 Å². The Labute approximate surface area is 131 Å². The number of aromatic nitrogens is 1. The number of carbonyl (C=O) groups is 1. The fourth-order valence-electron chi connectivity index (χ4n) is 2.44. The van der Waals surface area contributed by atoms with Gasteiger partial charge in [0, 0.05) is 18.8 Å². The third-order valence-corrected chi connectivity index (χ3v) is 5.08. The first kappa shape index (κ1) is 16.7. The molecule has 1 atom stereocenters. The number of hydrogen-bond donors (Lipinski definition) is 0. The van der Waals surface area contributed by atoms with Gasteiger partial charge in [-0.25, -0.2) is 18.2 Å². The average Bonchev–Trinajstić information content (AvgIpc) is 2.85. The molecule has 22 heavy (non-hydrogen) atoms. The third kappa shape index (κ3) is 4.19. The summed E-state index contributed by atoms with van der Waals surface area (Å²) in [5, 5.41) is 0.0473. The van der Waals surface area contributed by atoms with E-state index in [1.807, 2.05) is 0 Å². The summed E-state index contributed by atoms with van der Waals surface area (Å²) in [5.41, 5.74) is -0.593. The van der Waals surface area contributed by atoms with Crippen LogP contribution in [0.15, 0.2) is 29.4 Å². The second-order valence-electron chi connectivity index (χ2n) is 6.42. The highest BCUT2D eigenvalue weighted by atomic mass is 32.2. The van der Waals surface area contributed by atoms with Crippen molar-refractivity contribution in [3.63, 3.8) is 0 Å². The molecular weight excluding hydrogens is 304 g/mol. The molecule has 1 amide bonds. The van der Waals surface area contributed by atoms with Crippen molar-refractivity contribution in [1.82, 2.24) is 9.88 Å². The molecule has 7 heteroatoms. The molecule has 1 aromatic heterocycles. The minimum absolute atomic E-state index is 0.0473. The number of carbonyl (C=O) groups excluding carboxylic acids is 1. The van der Waals surface area contributed by atoms with Gasteiger partial charge in [0.05, 0.1) is 5.75 Å². The zero-order valence-electron chi connectivity index (χ0n) is 13.2. The lowest BCUT2D eigenvalue weighted by Crippen LogP contribution is -2.42. The molecule has 1 aliphatic heterocycles. The van der Waals surface area contributed by atoms with Gasteiger partial charge in [-0.3, -0.25) is 0 Å². The van der Waals surface area contributed by atoms with Gasteiger partial charge in [0.25, 0.3) is 0 Å². The van der Waals surface area contributed by atoms with E-state index < -0.39 is 21.5 Å². The largest absolute Gasteiger partial charge is 0.444 e. The summed E-state index contributed by atoms with van der Waals surface area (Å²) >= 11 is 0. The van der Waals surface area contributed by atoms with E-state index in [4.69, 9.17) is 4.74 Å². The van der Waals surface area contributed by atoms with E-state index in [1.54, 1.807) is 32.9 Å². The molecule has 1 fully saturated rings. The van der Waals surface area contributed by atoms with Crippen molar-refractivity contribution in [1.29, 1.82) is 0 Å². The van der Waals surface area contributed by atoms with E-state index in [9.17, 15) is 13.2 Å². The van der Waals surface area contributed by atoms with Gasteiger partial charge in [0.1, 0.15) is 5.60 Å². The molecule has 6 nitrogen and oxygen atoms in total. The molecule has 1 aromatic rings. The van der Waals surface area contributed by atoms with Crippen LogP contribution in [0.3, 0.4) is 0 Å². The summed E-state index contributed by atoms with van der Waals surface area (Å²) in [6.07, 6.45) is 2.44. The maximum atomic E-state index is 12.4. The first-order chi connectivity index (χ1) is 10.2. The number of rotatable bonds is 3. The first-order valence-electron chi connectivity index (χ1n) is 7.32. The second kappa shape index (κ2) is 6.24. The van der Waals surface area contributed by atoms with Crippen LogP contribution in [0, 0.1) is 0 Å². The van der Waals surface area contributed by atoms with Crippen LogP contribution in [0.1, 0.15) is 33.6 Å². The van der Waals surface area contributed by atoms with Crippen LogP contribution < -0.4 is 0 Å². The van der Waals surface area contributed by atoms with E-state index in [1.165, 1.54) is 17.2 Å². The molecule has 1 unspecified atom stereocenters. The standard InChI is InChI=1S/C15H22N2O4S/c1-15(2,3)21-14(18)17-10-6-7-12(17)11-22(19,20)13-8-4-5-9-16-13/h4-5,8-9,12H,6-7,10-11H2,1-3H3. The van der Waals surface area contributed by atoms with Crippen molar-refractivity contribution in [2.24, 2.45) is 0 Å². The van der Waals surface area contributed by atoms with E-state index in [-0.39, 0.29) is 16.8 Å². The Balaban J connectivity index is 2.10. The summed E-state index contributed by atoms with van der Waals surface area (Å²) in [6.45, 7) is 5.90.